The molecule has 0 radical (unpaired) electrons. The van der Waals surface area contributed by atoms with Crippen molar-refractivity contribution < 1.29 is 5.11 Å². The summed E-state index contributed by atoms with van der Waals surface area (Å²) in [5.41, 5.74) is 9.42. The van der Waals surface area contributed by atoms with Crippen molar-refractivity contribution in [1.82, 2.24) is 24.0 Å². The van der Waals surface area contributed by atoms with Crippen LogP contribution in [-0.4, -0.2) is 43.0 Å². The molecule has 2 heterocycles. The molecule has 0 saturated carbocycles. The predicted molar refractivity (Wildman–Crippen MR) is 170 cm³/mol. The van der Waals surface area contributed by atoms with Gasteiger partial charge < -0.3 is 20.7 Å². The number of nitrogens with one attached hydrogen (secondary N) is 1. The van der Waals surface area contributed by atoms with Crippen LogP contribution in [0.2, 0.25) is 0 Å². The Kier molecular flexibility index (Phi) is 11.5. The van der Waals surface area contributed by atoms with Gasteiger partial charge in [0.1, 0.15) is 5.82 Å². The Balaban J connectivity index is 1.59. The highest BCUT2D eigenvalue weighted by Gasteiger charge is 2.21. The number of rotatable bonds is 17. The fourth-order valence-electron chi connectivity index (χ4n) is 5.42. The van der Waals surface area contributed by atoms with Gasteiger partial charge >= 0.3 is 5.69 Å². The van der Waals surface area contributed by atoms with Gasteiger partial charge in [-0.15, -0.1) is 0 Å². The SMILES string of the molecule is CCCn1c(=O)c2c(nc(Cc3ccccc3)n2CCNCC(O)CC)n(CCCCCCc2cccc(N)c2)c1=O. The van der Waals surface area contributed by atoms with Gasteiger partial charge in [-0.25, -0.2) is 9.78 Å². The summed E-state index contributed by atoms with van der Waals surface area (Å²) >= 11 is 0. The number of hydrogen-bond acceptors (Lipinski definition) is 6. The monoisotopic (exact) mass is 574 g/mol. The minimum atomic E-state index is -0.411. The summed E-state index contributed by atoms with van der Waals surface area (Å²) in [5.74, 6) is 0.760. The van der Waals surface area contributed by atoms with Crippen molar-refractivity contribution in [2.24, 2.45) is 0 Å². The molecule has 9 heteroatoms. The van der Waals surface area contributed by atoms with Crippen LogP contribution in [0.15, 0.2) is 64.2 Å². The zero-order valence-electron chi connectivity index (χ0n) is 25.1. The second kappa shape index (κ2) is 15.5. The third kappa shape index (κ3) is 7.98. The highest BCUT2D eigenvalue weighted by molar-refractivity contribution is 5.71. The van der Waals surface area contributed by atoms with E-state index in [-0.39, 0.29) is 11.2 Å². The summed E-state index contributed by atoms with van der Waals surface area (Å²) in [6.07, 6.45) is 6.39. The van der Waals surface area contributed by atoms with Gasteiger partial charge in [-0.3, -0.25) is 13.9 Å². The van der Waals surface area contributed by atoms with Crippen molar-refractivity contribution >= 4 is 16.9 Å². The van der Waals surface area contributed by atoms with Crippen LogP contribution >= 0.6 is 0 Å². The highest BCUT2D eigenvalue weighted by Crippen LogP contribution is 2.17. The van der Waals surface area contributed by atoms with Crippen LogP contribution < -0.4 is 22.3 Å². The Hall–Kier alpha value is -3.69. The van der Waals surface area contributed by atoms with Crippen LogP contribution in [-0.2, 0) is 32.5 Å². The first-order valence-electron chi connectivity index (χ1n) is 15.4. The average Bonchev–Trinajstić information content (AvgIpc) is 3.34. The highest BCUT2D eigenvalue weighted by atomic mass is 16.3. The Bertz CT molecular complexity index is 1540. The smallest absolute Gasteiger partial charge is 0.332 e. The molecular formula is C33H46N6O3. The standard InChI is InChI=1S/C33H46N6O3/c1-3-19-39-32(41)30-31(38(33(39)42)20-11-6-5-8-13-25-16-12-17-27(34)22-25)36-29(23-26-14-9-7-10-15-26)37(30)21-18-35-24-28(40)4-2/h7,9-10,12,14-17,22,28,35,40H,3-6,8,11,13,18-21,23-24,34H2,1-2H3. The molecule has 0 aliphatic rings. The van der Waals surface area contributed by atoms with Gasteiger partial charge in [0.2, 0.25) is 0 Å². The van der Waals surface area contributed by atoms with E-state index in [1.807, 2.05) is 66.9 Å². The number of nitrogen functional groups attached to an aromatic ring is 1. The second-order valence-corrected chi connectivity index (χ2v) is 11.1. The molecule has 9 nitrogen and oxygen atoms in total. The van der Waals surface area contributed by atoms with Gasteiger partial charge in [0.25, 0.3) is 5.56 Å². The van der Waals surface area contributed by atoms with E-state index in [2.05, 4.69) is 11.4 Å². The molecule has 0 saturated heterocycles. The van der Waals surface area contributed by atoms with Gasteiger partial charge in [0, 0.05) is 44.8 Å². The zero-order valence-corrected chi connectivity index (χ0v) is 25.1. The molecule has 0 aliphatic heterocycles. The van der Waals surface area contributed by atoms with Crippen LogP contribution in [0.5, 0.6) is 0 Å². The predicted octanol–water partition coefficient (Wildman–Crippen LogP) is 4.11. The Morgan fingerprint density at radius 3 is 2.38 bits per heavy atom. The van der Waals surface area contributed by atoms with E-state index in [1.54, 1.807) is 4.57 Å². The lowest BCUT2D eigenvalue weighted by molar-refractivity contribution is 0.167. The minimum Gasteiger partial charge on any atom is -0.399 e. The lowest BCUT2D eigenvalue weighted by atomic mass is 10.1. The number of unbranched alkanes of at least 4 members (excludes halogenated alkanes) is 3. The first-order chi connectivity index (χ1) is 20.4. The molecule has 0 spiro atoms. The molecular weight excluding hydrogens is 528 g/mol. The Labute approximate surface area is 248 Å². The molecule has 0 amide bonds. The van der Waals surface area contributed by atoms with E-state index in [4.69, 9.17) is 10.7 Å². The first kappa shape index (κ1) is 31.3. The van der Waals surface area contributed by atoms with Crippen molar-refractivity contribution in [2.45, 2.75) is 91.0 Å². The molecule has 226 valence electrons. The third-order valence-corrected chi connectivity index (χ3v) is 7.76. The van der Waals surface area contributed by atoms with Crippen molar-refractivity contribution in [3.05, 3.63) is 92.4 Å². The number of imidazole rings is 1. The molecule has 0 bridgehead atoms. The summed E-state index contributed by atoms with van der Waals surface area (Å²) in [5, 5.41) is 13.3. The molecule has 42 heavy (non-hydrogen) atoms. The molecule has 0 fully saturated rings. The van der Waals surface area contributed by atoms with E-state index in [0.29, 0.717) is 63.2 Å². The fourth-order valence-corrected chi connectivity index (χ4v) is 5.42. The van der Waals surface area contributed by atoms with Crippen LogP contribution in [0.25, 0.3) is 11.2 Å². The second-order valence-electron chi connectivity index (χ2n) is 11.1. The van der Waals surface area contributed by atoms with Gasteiger partial charge in [0.15, 0.2) is 11.2 Å². The lowest BCUT2D eigenvalue weighted by Crippen LogP contribution is -2.41. The molecule has 4 rings (SSSR count). The average molecular weight is 575 g/mol. The number of aromatic nitrogens is 4. The van der Waals surface area contributed by atoms with Crippen molar-refractivity contribution in [1.29, 1.82) is 0 Å². The zero-order chi connectivity index (χ0) is 29.9. The minimum absolute atomic E-state index is 0.282. The molecule has 4 aromatic rings. The number of nitrogens with zero attached hydrogens (tertiary/aromatic N) is 4. The Morgan fingerprint density at radius 2 is 1.64 bits per heavy atom. The van der Waals surface area contributed by atoms with Gasteiger partial charge in [-0.05, 0) is 55.4 Å². The van der Waals surface area contributed by atoms with E-state index in [0.717, 1.165) is 49.2 Å². The van der Waals surface area contributed by atoms with Crippen LogP contribution in [0.1, 0.15) is 69.3 Å². The summed E-state index contributed by atoms with van der Waals surface area (Å²) in [7, 11) is 0. The molecule has 1 unspecified atom stereocenters. The number of nitrogens with two attached hydrogens (primary N) is 1. The van der Waals surface area contributed by atoms with Gasteiger partial charge in [-0.2, -0.15) is 0 Å². The van der Waals surface area contributed by atoms with E-state index in [9.17, 15) is 14.7 Å². The van der Waals surface area contributed by atoms with Crippen molar-refractivity contribution in [2.75, 3.05) is 18.8 Å². The van der Waals surface area contributed by atoms with Crippen LogP contribution in [0, 0.1) is 0 Å². The molecule has 1 atom stereocenters. The van der Waals surface area contributed by atoms with Crippen LogP contribution in [0.4, 0.5) is 5.69 Å². The van der Waals surface area contributed by atoms with E-state index < -0.39 is 6.10 Å². The normalized spacial score (nSPS) is 12.3. The van der Waals surface area contributed by atoms with E-state index >= 15 is 0 Å². The maximum atomic E-state index is 13.8. The summed E-state index contributed by atoms with van der Waals surface area (Å²) in [4.78, 5) is 32.3. The molecule has 0 aliphatic carbocycles. The fraction of sp³-hybridized carbons (Fsp3) is 0.485. The van der Waals surface area contributed by atoms with Gasteiger partial charge in [-0.1, -0.05) is 69.2 Å². The number of benzene rings is 2. The number of fused-ring (bicyclic) bond motifs is 1. The summed E-state index contributed by atoms with van der Waals surface area (Å²) in [6, 6.07) is 18.1. The van der Waals surface area contributed by atoms with E-state index in [1.165, 1.54) is 10.1 Å². The topological polar surface area (TPSA) is 120 Å². The van der Waals surface area contributed by atoms with Crippen molar-refractivity contribution in [3.8, 4) is 0 Å². The largest absolute Gasteiger partial charge is 0.399 e. The number of anilines is 1. The van der Waals surface area contributed by atoms with Gasteiger partial charge in [0.05, 0.1) is 6.10 Å². The van der Waals surface area contributed by atoms with Crippen molar-refractivity contribution in [3.63, 3.8) is 0 Å². The van der Waals surface area contributed by atoms with Crippen LogP contribution in [0.3, 0.4) is 0 Å². The lowest BCUT2D eigenvalue weighted by Gasteiger charge is -2.14. The maximum Gasteiger partial charge on any atom is 0.332 e. The number of aliphatic hydroxyl groups excluding tert-OH is 1. The number of aryl methyl sites for hydroxylation is 2. The molecule has 2 aromatic carbocycles. The Morgan fingerprint density at radius 1 is 0.881 bits per heavy atom. The first-order valence-corrected chi connectivity index (χ1v) is 15.4. The quantitative estimate of drug-likeness (QED) is 0.129. The summed E-state index contributed by atoms with van der Waals surface area (Å²) < 4.78 is 5.06. The maximum absolute atomic E-state index is 13.8. The summed E-state index contributed by atoms with van der Waals surface area (Å²) in [6.45, 7) is 6.38. The molecule has 2 aromatic heterocycles. The number of aliphatic hydroxyl groups is 1. The molecule has 4 N–H and O–H groups in total. The number of hydrogen-bond donors (Lipinski definition) is 3. The third-order valence-electron chi connectivity index (χ3n) is 7.76.